The van der Waals surface area contributed by atoms with E-state index >= 15 is 0 Å². The topological polar surface area (TPSA) is 0 Å². The van der Waals surface area contributed by atoms with Crippen LogP contribution in [0.15, 0.2) is 29.8 Å². The fraction of sp³-hybridized carbons (Fsp3) is 0.467. The Balaban J connectivity index is 1.97. The number of hydrogen-bond donors (Lipinski definition) is 0. The Morgan fingerprint density at radius 2 is 1.76 bits per heavy atom. The Hall–Kier alpha value is -0.460. The summed E-state index contributed by atoms with van der Waals surface area (Å²) in [6.45, 7) is 0. The van der Waals surface area contributed by atoms with Gasteiger partial charge in [0.15, 0.2) is 0 Å². The van der Waals surface area contributed by atoms with Gasteiger partial charge in [-0.2, -0.15) is 0 Å². The highest BCUT2D eigenvalue weighted by molar-refractivity contribution is 6.30. The molecule has 0 unspecified atom stereocenters. The van der Waals surface area contributed by atoms with E-state index in [1.54, 1.807) is 0 Å². The zero-order valence-electron chi connectivity index (χ0n) is 9.81. The molecule has 1 saturated carbocycles. The molecule has 3 rings (SSSR count). The van der Waals surface area contributed by atoms with E-state index in [-0.39, 0.29) is 0 Å². The van der Waals surface area contributed by atoms with Crippen LogP contribution >= 0.6 is 23.2 Å². The zero-order valence-corrected chi connectivity index (χ0v) is 11.3. The summed E-state index contributed by atoms with van der Waals surface area (Å²) < 4.78 is 0. The molecular weight excluding hydrogens is 251 g/mol. The first-order chi connectivity index (χ1) is 8.22. The standard InChI is InChI=1S/C15H16Cl2/c16-10-12-5-6-15(7-8-15)9-14(12)11-1-3-13(17)4-2-11/h1-4H,5-10H2. The van der Waals surface area contributed by atoms with Crippen molar-refractivity contribution in [2.24, 2.45) is 5.41 Å². The largest absolute Gasteiger partial charge is 0.122 e. The molecule has 0 bridgehead atoms. The highest BCUT2D eigenvalue weighted by atomic mass is 35.5. The van der Waals surface area contributed by atoms with Gasteiger partial charge < -0.3 is 0 Å². The number of halogens is 2. The number of allylic oxidation sites excluding steroid dienone is 2. The van der Waals surface area contributed by atoms with E-state index in [0.29, 0.717) is 11.3 Å². The quantitative estimate of drug-likeness (QED) is 0.638. The van der Waals surface area contributed by atoms with Gasteiger partial charge in [0.25, 0.3) is 0 Å². The van der Waals surface area contributed by atoms with Gasteiger partial charge in [0.1, 0.15) is 0 Å². The molecule has 1 aromatic rings. The SMILES string of the molecule is ClCC1=C(c2ccc(Cl)cc2)CC2(CC1)CC2. The third-order valence-corrected chi connectivity index (χ3v) is 4.82. The second-order valence-corrected chi connectivity index (χ2v) is 6.10. The highest BCUT2D eigenvalue weighted by Gasteiger charge is 2.45. The summed E-state index contributed by atoms with van der Waals surface area (Å²) in [5.74, 6) is 0.675. The summed E-state index contributed by atoms with van der Waals surface area (Å²) in [6.07, 6.45) is 6.55. The van der Waals surface area contributed by atoms with Crippen molar-refractivity contribution in [2.45, 2.75) is 32.1 Å². The van der Waals surface area contributed by atoms with Crippen LogP contribution in [0.4, 0.5) is 0 Å². The smallest absolute Gasteiger partial charge is 0.0439 e. The van der Waals surface area contributed by atoms with E-state index in [9.17, 15) is 0 Å². The lowest BCUT2D eigenvalue weighted by atomic mass is 9.79. The number of hydrogen-bond acceptors (Lipinski definition) is 0. The molecular formula is C15H16Cl2. The van der Waals surface area contributed by atoms with Gasteiger partial charge in [-0.15, -0.1) is 11.6 Å². The van der Waals surface area contributed by atoms with Crippen LogP contribution in [0.3, 0.4) is 0 Å². The van der Waals surface area contributed by atoms with Crippen molar-refractivity contribution in [1.82, 2.24) is 0 Å². The molecule has 0 nitrogen and oxygen atoms in total. The highest BCUT2D eigenvalue weighted by Crippen LogP contribution is 2.59. The van der Waals surface area contributed by atoms with E-state index in [2.05, 4.69) is 12.1 Å². The van der Waals surface area contributed by atoms with Crippen LogP contribution in [-0.2, 0) is 0 Å². The van der Waals surface area contributed by atoms with E-state index in [0.717, 1.165) is 5.02 Å². The van der Waals surface area contributed by atoms with Gasteiger partial charge in [-0.05, 0) is 60.8 Å². The van der Waals surface area contributed by atoms with Crippen molar-refractivity contribution in [3.8, 4) is 0 Å². The molecule has 0 aromatic heterocycles. The van der Waals surface area contributed by atoms with Crippen LogP contribution in [-0.4, -0.2) is 5.88 Å². The molecule has 2 aliphatic carbocycles. The molecule has 1 aromatic carbocycles. The summed E-state index contributed by atoms with van der Waals surface area (Å²) in [7, 11) is 0. The van der Waals surface area contributed by atoms with Crippen LogP contribution in [0.2, 0.25) is 5.02 Å². The molecule has 0 heterocycles. The van der Waals surface area contributed by atoms with Crippen molar-refractivity contribution in [3.63, 3.8) is 0 Å². The average molecular weight is 267 g/mol. The van der Waals surface area contributed by atoms with Crippen LogP contribution < -0.4 is 0 Å². The van der Waals surface area contributed by atoms with Gasteiger partial charge in [-0.3, -0.25) is 0 Å². The molecule has 0 radical (unpaired) electrons. The van der Waals surface area contributed by atoms with E-state index < -0.39 is 0 Å². The van der Waals surface area contributed by atoms with Crippen molar-refractivity contribution in [1.29, 1.82) is 0 Å². The molecule has 17 heavy (non-hydrogen) atoms. The summed E-state index contributed by atoms with van der Waals surface area (Å²) >= 11 is 12.0. The minimum atomic E-state index is 0.629. The normalized spacial score (nSPS) is 22.0. The van der Waals surface area contributed by atoms with E-state index in [4.69, 9.17) is 23.2 Å². The maximum Gasteiger partial charge on any atom is 0.0439 e. The summed E-state index contributed by atoms with van der Waals surface area (Å²) in [5, 5.41) is 0.804. The molecule has 0 aliphatic heterocycles. The Morgan fingerprint density at radius 1 is 1.06 bits per heavy atom. The number of benzene rings is 1. The third kappa shape index (κ3) is 2.26. The maximum absolute atomic E-state index is 6.09. The van der Waals surface area contributed by atoms with Crippen molar-refractivity contribution in [2.75, 3.05) is 5.88 Å². The Kier molecular flexibility index (Phi) is 2.96. The molecule has 0 amide bonds. The van der Waals surface area contributed by atoms with E-state index in [1.165, 1.54) is 48.8 Å². The minimum absolute atomic E-state index is 0.629. The second kappa shape index (κ2) is 4.33. The zero-order chi connectivity index (χ0) is 11.9. The average Bonchev–Trinajstić information content (AvgIpc) is 3.10. The molecule has 2 aliphatic rings. The van der Waals surface area contributed by atoms with Gasteiger partial charge in [0.2, 0.25) is 0 Å². The van der Waals surface area contributed by atoms with Crippen LogP contribution in [0.25, 0.3) is 5.57 Å². The first-order valence-electron chi connectivity index (χ1n) is 6.25. The maximum atomic E-state index is 6.09. The molecule has 0 saturated heterocycles. The van der Waals surface area contributed by atoms with Crippen molar-refractivity contribution >= 4 is 28.8 Å². The lowest BCUT2D eigenvalue weighted by Gasteiger charge is -2.27. The van der Waals surface area contributed by atoms with E-state index in [1.807, 2.05) is 12.1 Å². The van der Waals surface area contributed by atoms with Crippen LogP contribution in [0.1, 0.15) is 37.7 Å². The van der Waals surface area contributed by atoms with Crippen LogP contribution in [0.5, 0.6) is 0 Å². The first kappa shape index (κ1) is 11.6. The molecule has 1 fully saturated rings. The van der Waals surface area contributed by atoms with Gasteiger partial charge in [-0.1, -0.05) is 29.3 Å². The van der Waals surface area contributed by atoms with Crippen LogP contribution in [0, 0.1) is 5.41 Å². The molecule has 90 valence electrons. The summed E-state index contributed by atoms with van der Waals surface area (Å²) in [4.78, 5) is 0. The summed E-state index contributed by atoms with van der Waals surface area (Å²) in [5.41, 5.74) is 4.87. The minimum Gasteiger partial charge on any atom is -0.122 e. The van der Waals surface area contributed by atoms with Gasteiger partial charge in [-0.25, -0.2) is 0 Å². The van der Waals surface area contributed by atoms with Gasteiger partial charge >= 0.3 is 0 Å². The van der Waals surface area contributed by atoms with Crippen molar-refractivity contribution in [3.05, 3.63) is 40.4 Å². The Morgan fingerprint density at radius 3 is 2.35 bits per heavy atom. The Bertz CT molecular complexity index is 452. The predicted molar refractivity (Wildman–Crippen MR) is 74.6 cm³/mol. The fourth-order valence-electron chi connectivity index (χ4n) is 2.86. The molecule has 1 spiro atoms. The predicted octanol–water partition coefficient (Wildman–Crippen LogP) is 5.30. The van der Waals surface area contributed by atoms with Gasteiger partial charge in [0, 0.05) is 10.9 Å². The molecule has 2 heteroatoms. The lowest BCUT2D eigenvalue weighted by molar-refractivity contribution is 0.460. The second-order valence-electron chi connectivity index (χ2n) is 5.40. The first-order valence-corrected chi connectivity index (χ1v) is 7.16. The fourth-order valence-corrected chi connectivity index (χ4v) is 3.28. The summed E-state index contributed by atoms with van der Waals surface area (Å²) in [6, 6.07) is 8.21. The van der Waals surface area contributed by atoms with Crippen molar-refractivity contribution < 1.29 is 0 Å². The molecule has 0 N–H and O–H groups in total. The third-order valence-electron chi connectivity index (χ3n) is 4.25. The lowest BCUT2D eigenvalue weighted by Crippen LogP contribution is -2.11. The number of rotatable bonds is 2. The monoisotopic (exact) mass is 266 g/mol. The van der Waals surface area contributed by atoms with Gasteiger partial charge in [0.05, 0.1) is 0 Å². The number of alkyl halides is 1. The Labute approximate surface area is 113 Å². The molecule has 0 atom stereocenters.